The fourth-order valence-corrected chi connectivity index (χ4v) is 1.39. The third kappa shape index (κ3) is 1.76. The molecule has 3 nitrogen and oxygen atoms in total. The van der Waals surface area contributed by atoms with Gasteiger partial charge in [-0.3, -0.25) is 4.68 Å². The second kappa shape index (κ2) is 3.54. The summed E-state index contributed by atoms with van der Waals surface area (Å²) in [4.78, 5) is 0. The van der Waals surface area contributed by atoms with E-state index in [2.05, 4.69) is 5.10 Å². The molecule has 1 aromatic heterocycles. The van der Waals surface area contributed by atoms with Crippen molar-refractivity contribution in [3.63, 3.8) is 0 Å². The van der Waals surface area contributed by atoms with Gasteiger partial charge in [-0.1, -0.05) is 12.1 Å². The molecule has 0 aliphatic rings. The summed E-state index contributed by atoms with van der Waals surface area (Å²) in [6.45, 7) is 2.71. The van der Waals surface area contributed by atoms with E-state index in [9.17, 15) is 5.11 Å². The Balaban J connectivity index is 2.23. The van der Waals surface area contributed by atoms with Crippen molar-refractivity contribution in [2.24, 2.45) is 0 Å². The highest BCUT2D eigenvalue weighted by Gasteiger charge is 1.99. The van der Waals surface area contributed by atoms with E-state index in [1.54, 1.807) is 18.3 Å². The maximum atomic E-state index is 9.28. The van der Waals surface area contributed by atoms with E-state index in [4.69, 9.17) is 0 Å². The number of phenols is 1. The highest BCUT2D eigenvalue weighted by atomic mass is 16.3. The molecule has 0 bridgehead atoms. The molecule has 0 aliphatic heterocycles. The van der Waals surface area contributed by atoms with Gasteiger partial charge in [0.1, 0.15) is 5.75 Å². The zero-order valence-electron chi connectivity index (χ0n) is 8.01. The lowest BCUT2D eigenvalue weighted by atomic mass is 10.2. The zero-order chi connectivity index (χ0) is 9.97. The van der Waals surface area contributed by atoms with Crippen LogP contribution in [0.15, 0.2) is 36.5 Å². The molecule has 0 saturated carbocycles. The molecule has 0 fully saturated rings. The number of benzene rings is 1. The molecule has 0 amide bonds. The molecule has 0 unspecified atom stereocenters. The summed E-state index contributed by atoms with van der Waals surface area (Å²) >= 11 is 0. The molecular weight excluding hydrogens is 176 g/mol. The highest BCUT2D eigenvalue weighted by Crippen LogP contribution is 2.12. The number of aromatic nitrogens is 2. The number of hydrogen-bond donors (Lipinski definition) is 1. The second-order valence-electron chi connectivity index (χ2n) is 3.30. The first-order chi connectivity index (χ1) is 6.75. The molecule has 0 radical (unpaired) electrons. The minimum absolute atomic E-state index is 0.298. The number of nitrogens with zero attached hydrogens (tertiary/aromatic N) is 2. The van der Waals surface area contributed by atoms with Gasteiger partial charge in [-0.05, 0) is 30.7 Å². The Kier molecular flexibility index (Phi) is 2.23. The molecule has 0 aliphatic carbocycles. The van der Waals surface area contributed by atoms with Crippen molar-refractivity contribution in [1.29, 1.82) is 0 Å². The van der Waals surface area contributed by atoms with Crippen molar-refractivity contribution in [1.82, 2.24) is 9.78 Å². The molecular formula is C11H12N2O. The summed E-state index contributed by atoms with van der Waals surface area (Å²) in [6.07, 6.45) is 1.78. The van der Waals surface area contributed by atoms with Crippen LogP contribution in [0.25, 0.3) is 0 Å². The smallest absolute Gasteiger partial charge is 0.115 e. The fraction of sp³-hybridized carbons (Fsp3) is 0.182. The Labute approximate surface area is 82.6 Å². The van der Waals surface area contributed by atoms with E-state index in [0.29, 0.717) is 12.3 Å². The van der Waals surface area contributed by atoms with Crippen LogP contribution in [0.2, 0.25) is 0 Å². The minimum Gasteiger partial charge on any atom is -0.508 e. The number of aryl methyl sites for hydroxylation is 1. The largest absolute Gasteiger partial charge is 0.508 e. The topological polar surface area (TPSA) is 38.0 Å². The molecule has 1 N–H and O–H groups in total. The monoisotopic (exact) mass is 188 g/mol. The Morgan fingerprint density at radius 1 is 1.36 bits per heavy atom. The molecule has 1 heterocycles. The van der Waals surface area contributed by atoms with Crippen LogP contribution < -0.4 is 0 Å². The van der Waals surface area contributed by atoms with Crippen molar-refractivity contribution in [3.05, 3.63) is 47.8 Å². The standard InChI is InChI=1S/C11H12N2O/c1-9-5-6-12-13(9)8-10-3-2-4-11(14)7-10/h2-7,14H,8H2,1H3. The lowest BCUT2D eigenvalue weighted by Crippen LogP contribution is -2.02. The van der Waals surface area contributed by atoms with Crippen LogP contribution >= 0.6 is 0 Å². The summed E-state index contributed by atoms with van der Waals surface area (Å²) in [5.41, 5.74) is 2.17. The molecule has 1 aromatic carbocycles. The van der Waals surface area contributed by atoms with E-state index in [1.165, 1.54) is 0 Å². The van der Waals surface area contributed by atoms with Gasteiger partial charge in [0, 0.05) is 11.9 Å². The van der Waals surface area contributed by atoms with Gasteiger partial charge in [-0.25, -0.2) is 0 Å². The van der Waals surface area contributed by atoms with E-state index < -0.39 is 0 Å². The summed E-state index contributed by atoms with van der Waals surface area (Å²) in [5.74, 6) is 0.298. The fourth-order valence-electron chi connectivity index (χ4n) is 1.39. The van der Waals surface area contributed by atoms with Crippen molar-refractivity contribution in [2.75, 3.05) is 0 Å². The average molecular weight is 188 g/mol. The van der Waals surface area contributed by atoms with Crippen LogP contribution in [0, 0.1) is 6.92 Å². The Morgan fingerprint density at radius 2 is 2.21 bits per heavy atom. The predicted molar refractivity (Wildman–Crippen MR) is 54.2 cm³/mol. The molecule has 72 valence electrons. The van der Waals surface area contributed by atoms with Gasteiger partial charge < -0.3 is 5.11 Å². The first-order valence-corrected chi connectivity index (χ1v) is 4.52. The normalized spacial score (nSPS) is 10.4. The van der Waals surface area contributed by atoms with Gasteiger partial charge in [0.05, 0.1) is 6.54 Å². The average Bonchev–Trinajstić information content (AvgIpc) is 2.52. The van der Waals surface area contributed by atoms with Gasteiger partial charge >= 0.3 is 0 Å². The minimum atomic E-state index is 0.298. The van der Waals surface area contributed by atoms with Crippen molar-refractivity contribution in [2.45, 2.75) is 13.5 Å². The summed E-state index contributed by atoms with van der Waals surface area (Å²) in [5, 5.41) is 13.5. The third-order valence-electron chi connectivity index (χ3n) is 2.17. The van der Waals surface area contributed by atoms with Crippen molar-refractivity contribution >= 4 is 0 Å². The van der Waals surface area contributed by atoms with Gasteiger partial charge in [0.2, 0.25) is 0 Å². The van der Waals surface area contributed by atoms with Crippen molar-refractivity contribution < 1.29 is 5.11 Å². The van der Waals surface area contributed by atoms with Crippen LogP contribution in [0.4, 0.5) is 0 Å². The molecule has 14 heavy (non-hydrogen) atoms. The van der Waals surface area contributed by atoms with E-state index >= 15 is 0 Å². The number of rotatable bonds is 2. The predicted octanol–water partition coefficient (Wildman–Crippen LogP) is 1.95. The number of hydrogen-bond acceptors (Lipinski definition) is 2. The van der Waals surface area contributed by atoms with Crippen molar-refractivity contribution in [3.8, 4) is 5.75 Å². The maximum Gasteiger partial charge on any atom is 0.115 e. The molecule has 0 saturated heterocycles. The van der Waals surface area contributed by atoms with Crippen LogP contribution in [-0.2, 0) is 6.54 Å². The third-order valence-corrected chi connectivity index (χ3v) is 2.17. The zero-order valence-corrected chi connectivity index (χ0v) is 8.01. The van der Waals surface area contributed by atoms with Gasteiger partial charge in [0.25, 0.3) is 0 Å². The van der Waals surface area contributed by atoms with E-state index in [1.807, 2.05) is 29.8 Å². The number of phenolic OH excluding ortho intramolecular Hbond substituents is 1. The first-order valence-electron chi connectivity index (χ1n) is 4.52. The first kappa shape index (κ1) is 8.81. The molecule has 0 spiro atoms. The van der Waals surface area contributed by atoms with Gasteiger partial charge in [-0.2, -0.15) is 5.10 Å². The van der Waals surface area contributed by atoms with E-state index in [0.717, 1.165) is 11.3 Å². The second-order valence-corrected chi connectivity index (χ2v) is 3.30. The summed E-state index contributed by atoms with van der Waals surface area (Å²) in [6, 6.07) is 9.19. The highest BCUT2D eigenvalue weighted by molar-refractivity contribution is 5.27. The SMILES string of the molecule is Cc1ccnn1Cc1cccc(O)c1. The Hall–Kier alpha value is -1.77. The van der Waals surface area contributed by atoms with Crippen LogP contribution in [0.1, 0.15) is 11.3 Å². The maximum absolute atomic E-state index is 9.28. The lowest BCUT2D eigenvalue weighted by molar-refractivity contribution is 0.474. The van der Waals surface area contributed by atoms with E-state index in [-0.39, 0.29) is 0 Å². The Bertz CT molecular complexity index is 434. The number of aromatic hydroxyl groups is 1. The summed E-state index contributed by atoms with van der Waals surface area (Å²) in [7, 11) is 0. The molecule has 0 atom stereocenters. The summed E-state index contributed by atoms with van der Waals surface area (Å²) < 4.78 is 1.90. The van der Waals surface area contributed by atoms with Crippen LogP contribution in [0.5, 0.6) is 5.75 Å². The lowest BCUT2D eigenvalue weighted by Gasteiger charge is -2.04. The van der Waals surface area contributed by atoms with Crippen LogP contribution in [0.3, 0.4) is 0 Å². The quantitative estimate of drug-likeness (QED) is 0.782. The van der Waals surface area contributed by atoms with Crippen LogP contribution in [-0.4, -0.2) is 14.9 Å². The van der Waals surface area contributed by atoms with Gasteiger partial charge in [-0.15, -0.1) is 0 Å². The molecule has 3 heteroatoms. The molecule has 2 rings (SSSR count). The van der Waals surface area contributed by atoms with Gasteiger partial charge in [0.15, 0.2) is 0 Å². The Morgan fingerprint density at radius 3 is 2.86 bits per heavy atom. The molecule has 2 aromatic rings.